The molecule has 21 nitrogen and oxygen atoms in total. The van der Waals surface area contributed by atoms with E-state index in [1.165, 1.54) is 13.8 Å². The summed E-state index contributed by atoms with van der Waals surface area (Å²) in [7, 11) is 0. The largest absolute Gasteiger partial charge is 0.480 e. The number of carboxylic acids is 5. The number of hydrogen-bond acceptors (Lipinski definition) is 13. The van der Waals surface area contributed by atoms with Gasteiger partial charge in [-0.3, -0.25) is 33.8 Å². The summed E-state index contributed by atoms with van der Waals surface area (Å²) >= 11 is 0. The molecule has 0 bridgehead atoms. The molecular formula is C23H52N10O11. The molecule has 0 saturated carbocycles. The molecule has 23 N–H and O–H groups in total. The molecule has 0 fully saturated rings. The minimum atomic E-state index is -1.11. The van der Waals surface area contributed by atoms with E-state index in [9.17, 15) is 28.8 Å². The first-order valence-corrected chi connectivity index (χ1v) is 13.0. The van der Waals surface area contributed by atoms with Crippen molar-refractivity contribution in [3.05, 3.63) is 0 Å². The lowest BCUT2D eigenvalue weighted by Crippen LogP contribution is -2.31. The molecule has 0 unspecified atom stereocenters. The van der Waals surface area contributed by atoms with E-state index >= 15 is 0 Å². The number of hydrogen-bond donors (Lipinski definition) is 14. The molecule has 0 aromatic heterocycles. The van der Waals surface area contributed by atoms with E-state index < -0.39 is 66.0 Å². The van der Waals surface area contributed by atoms with Crippen LogP contribution >= 0.6 is 0 Å². The Morgan fingerprint density at radius 3 is 1.14 bits per heavy atom. The van der Waals surface area contributed by atoms with Crippen LogP contribution in [0.1, 0.15) is 58.8 Å². The third-order valence-corrected chi connectivity index (χ3v) is 4.37. The first-order valence-electron chi connectivity index (χ1n) is 13.0. The molecule has 44 heavy (non-hydrogen) atoms. The molecule has 0 aromatic carbocycles. The Morgan fingerprint density at radius 2 is 0.886 bits per heavy atom. The van der Waals surface area contributed by atoms with Crippen LogP contribution in [0.2, 0.25) is 0 Å². The Bertz CT molecular complexity index is 837. The molecule has 0 rings (SSSR count). The Balaban J connectivity index is -0.000000148. The van der Waals surface area contributed by atoms with Gasteiger partial charge in [0.2, 0.25) is 5.91 Å². The van der Waals surface area contributed by atoms with Crippen molar-refractivity contribution in [1.82, 2.24) is 0 Å². The van der Waals surface area contributed by atoms with Gasteiger partial charge in [0.15, 0.2) is 5.96 Å². The monoisotopic (exact) mass is 644 g/mol. The number of guanidine groups is 1. The zero-order valence-corrected chi connectivity index (χ0v) is 25.1. The maximum absolute atomic E-state index is 10.2. The van der Waals surface area contributed by atoms with Crippen molar-refractivity contribution in [2.45, 2.75) is 89.0 Å². The molecule has 0 radical (unpaired) electrons. The Morgan fingerprint density at radius 1 is 0.568 bits per heavy atom. The maximum atomic E-state index is 10.2. The summed E-state index contributed by atoms with van der Waals surface area (Å²) in [5.74, 6) is -5.49. The van der Waals surface area contributed by atoms with E-state index in [4.69, 9.17) is 77.1 Å². The minimum absolute atomic E-state index is 0.0129. The Labute approximate surface area is 255 Å². The van der Waals surface area contributed by atoms with Crippen LogP contribution in [0, 0.1) is 0 Å². The number of unbranched alkanes of at least 4 members (excludes halogenated alkanes) is 1. The highest BCUT2D eigenvalue weighted by atomic mass is 16.4. The van der Waals surface area contributed by atoms with Crippen LogP contribution in [0.15, 0.2) is 4.99 Å². The van der Waals surface area contributed by atoms with Gasteiger partial charge in [-0.2, -0.15) is 0 Å². The second-order valence-electron chi connectivity index (χ2n) is 8.83. The van der Waals surface area contributed by atoms with Crippen LogP contribution in [-0.2, 0) is 28.8 Å². The summed E-state index contributed by atoms with van der Waals surface area (Å²) < 4.78 is 0. The third-order valence-electron chi connectivity index (χ3n) is 4.37. The van der Waals surface area contributed by atoms with Gasteiger partial charge in [0.1, 0.15) is 30.2 Å². The predicted octanol–water partition coefficient (Wildman–Crippen LogP) is -4.52. The molecule has 0 aliphatic rings. The average molecular weight is 645 g/mol. The molecule has 5 atom stereocenters. The first kappa shape index (κ1) is 49.5. The molecule has 0 saturated heterocycles. The van der Waals surface area contributed by atoms with Gasteiger partial charge in [0.25, 0.3) is 0 Å². The van der Waals surface area contributed by atoms with Crippen LogP contribution in [0.25, 0.3) is 0 Å². The van der Waals surface area contributed by atoms with Gasteiger partial charge in [-0.15, -0.1) is 0 Å². The highest BCUT2D eigenvalue weighted by molar-refractivity contribution is 5.77. The fourth-order valence-corrected chi connectivity index (χ4v) is 1.70. The van der Waals surface area contributed by atoms with Gasteiger partial charge >= 0.3 is 29.8 Å². The molecule has 21 heteroatoms. The van der Waals surface area contributed by atoms with Crippen molar-refractivity contribution >= 4 is 41.7 Å². The third kappa shape index (κ3) is 47.6. The van der Waals surface area contributed by atoms with Crippen LogP contribution in [0.3, 0.4) is 0 Å². The molecule has 0 aliphatic heterocycles. The van der Waals surface area contributed by atoms with Crippen molar-refractivity contribution in [3.8, 4) is 0 Å². The molecule has 260 valence electrons. The number of rotatable bonds is 16. The van der Waals surface area contributed by atoms with Gasteiger partial charge < -0.3 is 77.1 Å². The molecular weight excluding hydrogens is 592 g/mol. The number of primary amides is 1. The normalized spacial score (nSPS) is 12.8. The molecule has 0 aromatic rings. The van der Waals surface area contributed by atoms with Crippen molar-refractivity contribution in [2.75, 3.05) is 13.1 Å². The lowest BCUT2D eigenvalue weighted by atomic mass is 10.1. The van der Waals surface area contributed by atoms with Crippen LogP contribution < -0.4 is 51.6 Å². The van der Waals surface area contributed by atoms with Crippen molar-refractivity contribution < 1.29 is 54.3 Å². The quantitative estimate of drug-likeness (QED) is 0.0427. The van der Waals surface area contributed by atoms with E-state index in [1.54, 1.807) is 0 Å². The number of aliphatic carboxylic acids is 5. The van der Waals surface area contributed by atoms with E-state index in [0.29, 0.717) is 32.4 Å². The standard InChI is InChI=1S/C6H14N4O2.C6H14N2O2.C5H10N2O3.2C3H7NO2/c7-4(5(11)12)2-1-3-10-6(8)9;7-4-2-1-3-5(8)6(9)10;6-3(5(9)10)1-2-4(7)8;2*1-2(4)3(5)6/h4H,1-3,7H2,(H,11,12)(H4,8,9,10);5H,1-4,7-8H2,(H,9,10);3H,1-2,6H2,(H2,7,8)(H,9,10);2*2H,4H2,1H3,(H,5,6)/t4-;5-;3-;2*2-/m00000/s1. The number of nitrogens with zero attached hydrogens (tertiary/aromatic N) is 1. The zero-order valence-electron chi connectivity index (χ0n) is 25.1. The van der Waals surface area contributed by atoms with Gasteiger partial charge in [0.05, 0.1) is 0 Å². The molecule has 0 aliphatic carbocycles. The fourth-order valence-electron chi connectivity index (χ4n) is 1.70. The van der Waals surface area contributed by atoms with Gasteiger partial charge in [0, 0.05) is 13.0 Å². The van der Waals surface area contributed by atoms with Gasteiger partial charge in [-0.05, 0) is 52.5 Å². The first-order chi connectivity index (χ1) is 20.0. The Kier molecular flexibility index (Phi) is 35.8. The number of carbonyl (C=O) groups excluding carboxylic acids is 1. The maximum Gasteiger partial charge on any atom is 0.320 e. The summed E-state index contributed by atoms with van der Waals surface area (Å²) in [6.45, 7) is 3.86. The van der Waals surface area contributed by atoms with E-state index in [1.807, 2.05) is 0 Å². The van der Waals surface area contributed by atoms with Crippen molar-refractivity contribution in [2.24, 2.45) is 56.6 Å². The summed E-state index contributed by atoms with van der Waals surface area (Å²) in [4.78, 5) is 63.3. The van der Waals surface area contributed by atoms with Gasteiger partial charge in [-0.1, -0.05) is 6.42 Å². The summed E-state index contributed by atoms with van der Waals surface area (Å²) in [5, 5.41) is 40.7. The number of amides is 1. The highest BCUT2D eigenvalue weighted by Gasteiger charge is 2.12. The number of aliphatic imine (C=N–C) groups is 1. The van der Waals surface area contributed by atoms with Crippen LogP contribution in [0.5, 0.6) is 0 Å². The lowest BCUT2D eigenvalue weighted by molar-refractivity contribution is -0.139. The Hall–Kier alpha value is -4.15. The molecule has 0 heterocycles. The number of nitrogens with two attached hydrogens (primary N) is 9. The lowest BCUT2D eigenvalue weighted by Gasteiger charge is -2.03. The van der Waals surface area contributed by atoms with Crippen LogP contribution in [-0.4, -0.2) is 111 Å². The van der Waals surface area contributed by atoms with E-state index in [-0.39, 0.29) is 18.8 Å². The van der Waals surface area contributed by atoms with Crippen molar-refractivity contribution in [1.29, 1.82) is 0 Å². The summed E-state index contributed by atoms with van der Waals surface area (Å²) in [6.07, 6.45) is 3.24. The van der Waals surface area contributed by atoms with Gasteiger partial charge in [-0.25, -0.2) is 0 Å². The SMILES string of the molecule is C[C@H](N)C(=O)O.C[C@H](N)C(=O)O.NC(=O)CC[C@H](N)C(=O)O.NC(N)=NCCC[C@H](N)C(=O)O.NCCCC[C@H](N)C(=O)O. The minimum Gasteiger partial charge on any atom is -0.480 e. The number of carboxylic acid groups (broad SMARTS) is 5. The van der Waals surface area contributed by atoms with E-state index in [2.05, 4.69) is 4.99 Å². The highest BCUT2D eigenvalue weighted by Crippen LogP contribution is 1.97. The summed E-state index contributed by atoms with van der Waals surface area (Å²) in [5.41, 5.74) is 45.2. The second kappa shape index (κ2) is 31.8. The molecule has 0 spiro atoms. The van der Waals surface area contributed by atoms with Crippen LogP contribution in [0.4, 0.5) is 0 Å². The smallest absolute Gasteiger partial charge is 0.320 e. The summed E-state index contributed by atoms with van der Waals surface area (Å²) in [6, 6.07) is -3.98. The topological polar surface area (TPSA) is 450 Å². The second-order valence-corrected chi connectivity index (χ2v) is 8.83. The zero-order chi connectivity index (χ0) is 36.0. The molecule has 1 amide bonds. The average Bonchev–Trinajstić information content (AvgIpc) is 2.90. The predicted molar refractivity (Wildman–Crippen MR) is 161 cm³/mol. The number of carbonyl (C=O) groups is 6. The van der Waals surface area contributed by atoms with E-state index in [0.717, 1.165) is 12.8 Å². The fraction of sp³-hybridized carbons (Fsp3) is 0.696. The van der Waals surface area contributed by atoms with Crippen molar-refractivity contribution in [3.63, 3.8) is 0 Å².